The summed E-state index contributed by atoms with van der Waals surface area (Å²) in [5.41, 5.74) is 6.53. The van der Waals surface area contributed by atoms with Crippen LogP contribution in [0.15, 0.2) is 12.1 Å². The summed E-state index contributed by atoms with van der Waals surface area (Å²) >= 11 is 13.6. The smallest absolute Gasteiger partial charge is 0.254 e. The number of nitrogens with zero attached hydrogens (tertiary/aromatic N) is 1. The summed E-state index contributed by atoms with van der Waals surface area (Å²) in [6.07, 6.45) is 2.93. The Bertz CT molecular complexity index is 445. The average molecular weight is 321 g/mol. The Balaban J connectivity index is 2.99. The van der Waals surface area contributed by atoms with Crippen LogP contribution in [0.3, 0.4) is 0 Å². The Morgan fingerprint density at radius 2 is 2.11 bits per heavy atom. The molecule has 1 unspecified atom stereocenters. The zero-order valence-electron chi connectivity index (χ0n) is 11.2. The van der Waals surface area contributed by atoms with Crippen molar-refractivity contribution in [2.75, 3.05) is 24.8 Å². The first-order chi connectivity index (χ1) is 8.92. The maximum Gasteiger partial charge on any atom is 0.254 e. The van der Waals surface area contributed by atoms with Crippen LogP contribution in [0.25, 0.3) is 0 Å². The molecule has 3 nitrogen and oxygen atoms in total. The summed E-state index contributed by atoms with van der Waals surface area (Å²) in [6, 6.07) is 3.32. The van der Waals surface area contributed by atoms with E-state index in [4.69, 9.17) is 28.9 Å². The van der Waals surface area contributed by atoms with Crippen molar-refractivity contribution in [1.29, 1.82) is 0 Å². The highest BCUT2D eigenvalue weighted by Gasteiger charge is 2.20. The minimum atomic E-state index is -0.0915. The molecule has 0 saturated carbocycles. The molecule has 1 aromatic carbocycles. The molecule has 2 N–H and O–H groups in total. The number of nitrogen functional groups attached to an aromatic ring is 1. The summed E-state index contributed by atoms with van der Waals surface area (Å²) in [5.74, 6) is 0.807. The van der Waals surface area contributed by atoms with Crippen LogP contribution < -0.4 is 5.73 Å². The highest BCUT2D eigenvalue weighted by molar-refractivity contribution is 7.98. The molecular formula is C13H18Cl2N2OS. The number of carbonyl (C=O) groups is 1. The fourth-order valence-corrected chi connectivity index (χ4v) is 2.98. The number of halogens is 2. The summed E-state index contributed by atoms with van der Waals surface area (Å²) in [5, 5.41) is 0.591. The van der Waals surface area contributed by atoms with Gasteiger partial charge in [-0.1, -0.05) is 30.1 Å². The second-order valence-electron chi connectivity index (χ2n) is 4.29. The van der Waals surface area contributed by atoms with Gasteiger partial charge in [0, 0.05) is 24.4 Å². The average Bonchev–Trinajstić information content (AvgIpc) is 2.39. The van der Waals surface area contributed by atoms with E-state index in [0.29, 0.717) is 16.3 Å². The summed E-state index contributed by atoms with van der Waals surface area (Å²) in [6.45, 7) is 2.06. The van der Waals surface area contributed by atoms with E-state index >= 15 is 0 Å². The minimum absolute atomic E-state index is 0.0915. The topological polar surface area (TPSA) is 46.3 Å². The molecule has 1 aromatic rings. The van der Waals surface area contributed by atoms with Crippen molar-refractivity contribution in [1.82, 2.24) is 4.90 Å². The second kappa shape index (κ2) is 7.27. The van der Waals surface area contributed by atoms with Crippen LogP contribution in [0, 0.1) is 0 Å². The Labute approximate surface area is 128 Å². The molecule has 0 heterocycles. The predicted octanol–water partition coefficient (Wildman–Crippen LogP) is 3.79. The number of amides is 1. The number of anilines is 1. The molecule has 0 saturated heterocycles. The molecular weight excluding hydrogens is 303 g/mol. The molecule has 1 amide bonds. The molecule has 0 radical (unpaired) electrons. The van der Waals surface area contributed by atoms with Gasteiger partial charge in [0.2, 0.25) is 0 Å². The van der Waals surface area contributed by atoms with E-state index in [-0.39, 0.29) is 17.0 Å². The van der Waals surface area contributed by atoms with Gasteiger partial charge in [0.05, 0.1) is 15.7 Å². The number of hydrogen-bond donors (Lipinski definition) is 1. The van der Waals surface area contributed by atoms with Crippen molar-refractivity contribution in [2.45, 2.75) is 19.4 Å². The Hall–Kier alpha value is -0.580. The zero-order valence-corrected chi connectivity index (χ0v) is 13.6. The highest BCUT2D eigenvalue weighted by Crippen LogP contribution is 2.30. The molecule has 1 atom stereocenters. The third-order valence-electron chi connectivity index (χ3n) is 3.00. The lowest BCUT2D eigenvalue weighted by molar-refractivity contribution is 0.0743. The molecule has 6 heteroatoms. The van der Waals surface area contributed by atoms with Crippen LogP contribution >= 0.6 is 35.0 Å². The van der Waals surface area contributed by atoms with Crippen LogP contribution in [0.4, 0.5) is 5.69 Å². The monoisotopic (exact) mass is 320 g/mol. The molecule has 0 aliphatic rings. The first-order valence-electron chi connectivity index (χ1n) is 5.93. The number of nitrogens with two attached hydrogens (primary N) is 1. The van der Waals surface area contributed by atoms with Crippen molar-refractivity contribution in [3.05, 3.63) is 27.7 Å². The molecule has 0 aliphatic carbocycles. The molecule has 0 aliphatic heterocycles. The van der Waals surface area contributed by atoms with Gasteiger partial charge in [0.15, 0.2) is 0 Å². The number of benzene rings is 1. The number of thioether (sulfide) groups is 1. The Morgan fingerprint density at radius 1 is 1.47 bits per heavy atom. The van der Waals surface area contributed by atoms with Gasteiger partial charge < -0.3 is 10.6 Å². The van der Waals surface area contributed by atoms with Crippen molar-refractivity contribution in [2.24, 2.45) is 0 Å². The van der Waals surface area contributed by atoms with Crippen LogP contribution in [0.2, 0.25) is 10.0 Å². The number of rotatable bonds is 5. The summed E-state index contributed by atoms with van der Waals surface area (Å²) in [7, 11) is 1.80. The molecule has 0 aromatic heterocycles. The van der Waals surface area contributed by atoms with Crippen molar-refractivity contribution in [3.63, 3.8) is 0 Å². The number of carbonyl (C=O) groups excluding carboxylic acids is 1. The molecule has 0 spiro atoms. The van der Waals surface area contributed by atoms with E-state index in [2.05, 4.69) is 6.92 Å². The van der Waals surface area contributed by atoms with Crippen LogP contribution in [0.5, 0.6) is 0 Å². The maximum atomic E-state index is 12.4. The first-order valence-corrected chi connectivity index (χ1v) is 8.07. The molecule has 0 bridgehead atoms. The Morgan fingerprint density at radius 3 is 2.58 bits per heavy atom. The third-order valence-corrected chi connectivity index (χ3v) is 4.54. The van der Waals surface area contributed by atoms with Crippen LogP contribution in [-0.4, -0.2) is 35.9 Å². The highest BCUT2D eigenvalue weighted by atomic mass is 35.5. The largest absolute Gasteiger partial charge is 0.397 e. The SMILES string of the molecule is CCC(CSC)N(C)C(=O)c1cc(N)c(Cl)c(Cl)c1. The molecule has 19 heavy (non-hydrogen) atoms. The van der Waals surface area contributed by atoms with Gasteiger partial charge in [-0.25, -0.2) is 0 Å². The third kappa shape index (κ3) is 3.94. The van der Waals surface area contributed by atoms with E-state index in [1.165, 1.54) is 0 Å². The fourth-order valence-electron chi connectivity index (χ4n) is 1.80. The fraction of sp³-hybridized carbons (Fsp3) is 0.462. The summed E-state index contributed by atoms with van der Waals surface area (Å²) in [4.78, 5) is 14.1. The van der Waals surface area contributed by atoms with E-state index in [1.54, 1.807) is 35.8 Å². The molecule has 0 fully saturated rings. The van der Waals surface area contributed by atoms with Gasteiger partial charge in [-0.3, -0.25) is 4.79 Å². The normalized spacial score (nSPS) is 12.3. The predicted molar refractivity (Wildman–Crippen MR) is 85.4 cm³/mol. The van der Waals surface area contributed by atoms with E-state index in [9.17, 15) is 4.79 Å². The Kier molecular flexibility index (Phi) is 6.30. The number of hydrogen-bond acceptors (Lipinski definition) is 3. The van der Waals surface area contributed by atoms with Gasteiger partial charge in [0.25, 0.3) is 5.91 Å². The second-order valence-corrected chi connectivity index (χ2v) is 5.99. The van der Waals surface area contributed by atoms with Gasteiger partial charge >= 0.3 is 0 Å². The lowest BCUT2D eigenvalue weighted by Crippen LogP contribution is -2.38. The lowest BCUT2D eigenvalue weighted by Gasteiger charge is -2.27. The van der Waals surface area contributed by atoms with Gasteiger partial charge in [-0.15, -0.1) is 0 Å². The van der Waals surface area contributed by atoms with Gasteiger partial charge in [-0.2, -0.15) is 11.8 Å². The van der Waals surface area contributed by atoms with E-state index in [1.807, 2.05) is 6.26 Å². The zero-order chi connectivity index (χ0) is 14.6. The first kappa shape index (κ1) is 16.5. The van der Waals surface area contributed by atoms with Crippen molar-refractivity contribution in [3.8, 4) is 0 Å². The molecule has 1 rings (SSSR count). The van der Waals surface area contributed by atoms with Crippen molar-refractivity contribution >= 4 is 46.6 Å². The quantitative estimate of drug-likeness (QED) is 0.839. The van der Waals surface area contributed by atoms with E-state index < -0.39 is 0 Å². The standard InChI is InChI=1S/C13H18Cl2N2OS/c1-4-9(7-19-3)17(2)13(18)8-5-10(14)12(15)11(16)6-8/h5-6,9H,4,7,16H2,1-3H3. The van der Waals surface area contributed by atoms with Gasteiger partial charge in [0.1, 0.15) is 0 Å². The summed E-state index contributed by atoms with van der Waals surface area (Å²) < 4.78 is 0. The van der Waals surface area contributed by atoms with E-state index in [0.717, 1.165) is 12.2 Å². The minimum Gasteiger partial charge on any atom is -0.397 e. The maximum absolute atomic E-state index is 12.4. The van der Waals surface area contributed by atoms with Crippen LogP contribution in [-0.2, 0) is 0 Å². The van der Waals surface area contributed by atoms with Crippen molar-refractivity contribution < 1.29 is 4.79 Å². The van der Waals surface area contributed by atoms with Gasteiger partial charge in [-0.05, 0) is 24.8 Å². The van der Waals surface area contributed by atoms with Crippen LogP contribution in [0.1, 0.15) is 23.7 Å². The molecule has 106 valence electrons. The lowest BCUT2D eigenvalue weighted by atomic mass is 10.1.